The van der Waals surface area contributed by atoms with Crippen molar-refractivity contribution in [3.8, 4) is 17.2 Å². The molecule has 0 spiro atoms. The Morgan fingerprint density at radius 1 is 0.882 bits per heavy atom. The van der Waals surface area contributed by atoms with Crippen LogP contribution in [0, 0.1) is 0 Å². The number of amides is 1. The Morgan fingerprint density at radius 3 is 2.21 bits per heavy atom. The molecule has 0 saturated carbocycles. The van der Waals surface area contributed by atoms with Crippen molar-refractivity contribution < 1.29 is 23.8 Å². The molecule has 0 atom stereocenters. The van der Waals surface area contributed by atoms with Gasteiger partial charge in [-0.15, -0.1) is 0 Å². The molecule has 1 aromatic heterocycles. The highest BCUT2D eigenvalue weighted by molar-refractivity contribution is 6.08. The average Bonchev–Trinajstić information content (AvgIpc) is 3.37. The van der Waals surface area contributed by atoms with Crippen LogP contribution in [0.3, 0.4) is 0 Å². The van der Waals surface area contributed by atoms with E-state index in [-0.39, 0.29) is 23.8 Å². The molecule has 0 unspecified atom stereocenters. The van der Waals surface area contributed by atoms with E-state index in [1.807, 2.05) is 36.4 Å². The second-order valence-corrected chi connectivity index (χ2v) is 7.24. The molecule has 3 aromatic carbocycles. The second kappa shape index (κ2) is 10.4. The molecule has 0 radical (unpaired) electrons. The molecule has 8 heteroatoms. The largest absolute Gasteiger partial charge is 0.493 e. The summed E-state index contributed by atoms with van der Waals surface area (Å²) in [4.78, 5) is 25.7. The quantitative estimate of drug-likeness (QED) is 0.392. The maximum atomic E-state index is 13.0. The number of hydrogen-bond acceptors (Lipinski definition) is 6. The van der Waals surface area contributed by atoms with Crippen LogP contribution in [0.4, 0.5) is 5.69 Å². The summed E-state index contributed by atoms with van der Waals surface area (Å²) in [6.45, 7) is -0.0426. The van der Waals surface area contributed by atoms with Gasteiger partial charge in [0.25, 0.3) is 5.91 Å². The van der Waals surface area contributed by atoms with E-state index in [0.717, 1.165) is 5.69 Å². The minimum atomic E-state index is -0.640. The Balaban J connectivity index is 1.55. The third kappa shape index (κ3) is 5.07. The van der Waals surface area contributed by atoms with Gasteiger partial charge in [-0.05, 0) is 30.3 Å². The van der Waals surface area contributed by atoms with Crippen LogP contribution in [0.5, 0.6) is 11.5 Å². The van der Waals surface area contributed by atoms with Crippen molar-refractivity contribution in [2.45, 2.75) is 6.61 Å². The van der Waals surface area contributed by atoms with Crippen LogP contribution in [0.1, 0.15) is 26.4 Å². The van der Waals surface area contributed by atoms with Gasteiger partial charge in [0.2, 0.25) is 0 Å². The number of para-hydroxylation sites is 1. The number of nitrogens with zero attached hydrogens (tertiary/aromatic N) is 2. The molecule has 1 N–H and O–H groups in total. The van der Waals surface area contributed by atoms with Gasteiger partial charge in [0.1, 0.15) is 12.3 Å². The van der Waals surface area contributed by atoms with E-state index in [4.69, 9.17) is 14.2 Å². The van der Waals surface area contributed by atoms with Crippen LogP contribution in [0.15, 0.2) is 85.1 Å². The van der Waals surface area contributed by atoms with Crippen LogP contribution in [0.2, 0.25) is 0 Å². The van der Waals surface area contributed by atoms with Crippen molar-refractivity contribution in [2.24, 2.45) is 0 Å². The zero-order valence-corrected chi connectivity index (χ0v) is 18.7. The number of aromatic nitrogens is 2. The predicted molar refractivity (Wildman–Crippen MR) is 127 cm³/mol. The van der Waals surface area contributed by atoms with Crippen molar-refractivity contribution in [2.75, 3.05) is 19.5 Å². The van der Waals surface area contributed by atoms with Crippen LogP contribution < -0.4 is 14.8 Å². The van der Waals surface area contributed by atoms with Crippen molar-refractivity contribution in [1.82, 2.24) is 9.78 Å². The lowest BCUT2D eigenvalue weighted by Crippen LogP contribution is -2.16. The summed E-state index contributed by atoms with van der Waals surface area (Å²) in [5.41, 5.74) is 2.29. The van der Waals surface area contributed by atoms with Crippen molar-refractivity contribution in [1.29, 1.82) is 0 Å². The van der Waals surface area contributed by atoms with E-state index >= 15 is 0 Å². The smallest absolute Gasteiger partial charge is 0.340 e. The zero-order valence-electron chi connectivity index (χ0n) is 18.7. The van der Waals surface area contributed by atoms with Gasteiger partial charge in [-0.1, -0.05) is 36.4 Å². The fourth-order valence-electron chi connectivity index (χ4n) is 3.32. The summed E-state index contributed by atoms with van der Waals surface area (Å²) in [5.74, 6) is -0.313. The Kier molecular flexibility index (Phi) is 6.88. The average molecular weight is 457 g/mol. The van der Waals surface area contributed by atoms with Gasteiger partial charge in [-0.3, -0.25) is 4.79 Å². The van der Waals surface area contributed by atoms with Gasteiger partial charge < -0.3 is 19.5 Å². The third-order valence-corrected chi connectivity index (χ3v) is 5.04. The van der Waals surface area contributed by atoms with E-state index in [0.29, 0.717) is 22.8 Å². The fraction of sp³-hybridized carbons (Fsp3) is 0.115. The van der Waals surface area contributed by atoms with Gasteiger partial charge >= 0.3 is 5.97 Å². The maximum absolute atomic E-state index is 13.0. The first-order chi connectivity index (χ1) is 16.6. The predicted octanol–water partition coefficient (Wildman–Crippen LogP) is 4.50. The van der Waals surface area contributed by atoms with E-state index in [1.54, 1.807) is 41.2 Å². The Labute approximate surface area is 196 Å². The standard InChI is InChI=1S/C26H23N3O5/c1-32-23-15-21(22(16-24(23)33-2)27-25(30)18-9-5-3-6-10-18)26(31)34-17-19-13-14-29(28-19)20-11-7-4-8-12-20/h3-16H,17H2,1-2H3,(H,27,30). The van der Waals surface area contributed by atoms with Crippen molar-refractivity contribution in [3.63, 3.8) is 0 Å². The Hall–Kier alpha value is -4.59. The second-order valence-electron chi connectivity index (χ2n) is 7.24. The van der Waals surface area contributed by atoms with Gasteiger partial charge in [0, 0.05) is 23.9 Å². The first-order valence-electron chi connectivity index (χ1n) is 10.5. The van der Waals surface area contributed by atoms with Crippen LogP contribution in [-0.2, 0) is 11.3 Å². The molecular formula is C26H23N3O5. The van der Waals surface area contributed by atoms with Crippen LogP contribution in [-0.4, -0.2) is 35.9 Å². The summed E-state index contributed by atoms with van der Waals surface area (Å²) in [6.07, 6.45) is 1.79. The van der Waals surface area contributed by atoms with Gasteiger partial charge in [-0.25, -0.2) is 9.48 Å². The molecule has 0 aliphatic heterocycles. The molecule has 172 valence electrons. The molecule has 0 fully saturated rings. The molecule has 1 heterocycles. The van der Waals surface area contributed by atoms with Crippen LogP contribution in [0.25, 0.3) is 5.69 Å². The zero-order chi connectivity index (χ0) is 23.9. The summed E-state index contributed by atoms with van der Waals surface area (Å²) in [6, 6.07) is 23.1. The molecule has 0 bridgehead atoms. The van der Waals surface area contributed by atoms with Crippen LogP contribution >= 0.6 is 0 Å². The number of methoxy groups -OCH3 is 2. The highest BCUT2D eigenvalue weighted by atomic mass is 16.5. The molecule has 0 saturated heterocycles. The number of anilines is 1. The third-order valence-electron chi connectivity index (χ3n) is 5.04. The number of carbonyl (C=O) groups is 2. The lowest BCUT2D eigenvalue weighted by Gasteiger charge is -2.15. The van der Waals surface area contributed by atoms with Gasteiger partial charge in [0.05, 0.1) is 31.2 Å². The monoisotopic (exact) mass is 457 g/mol. The summed E-state index contributed by atoms with van der Waals surface area (Å²) >= 11 is 0. The highest BCUT2D eigenvalue weighted by Crippen LogP contribution is 2.34. The molecule has 1 amide bonds. The van der Waals surface area contributed by atoms with E-state index < -0.39 is 5.97 Å². The number of nitrogens with one attached hydrogen (secondary N) is 1. The number of esters is 1. The maximum Gasteiger partial charge on any atom is 0.340 e. The SMILES string of the molecule is COc1cc(NC(=O)c2ccccc2)c(C(=O)OCc2ccn(-c3ccccc3)n2)cc1OC. The molecule has 8 nitrogen and oxygen atoms in total. The molecule has 34 heavy (non-hydrogen) atoms. The molecule has 0 aliphatic rings. The van der Waals surface area contributed by atoms with E-state index in [1.165, 1.54) is 26.4 Å². The normalized spacial score (nSPS) is 10.4. The van der Waals surface area contributed by atoms with Gasteiger partial charge in [-0.2, -0.15) is 5.10 Å². The molecule has 4 aromatic rings. The minimum Gasteiger partial charge on any atom is -0.493 e. The van der Waals surface area contributed by atoms with E-state index in [9.17, 15) is 9.59 Å². The number of ether oxygens (including phenoxy) is 3. The topological polar surface area (TPSA) is 91.7 Å². The minimum absolute atomic E-state index is 0.0426. The number of hydrogen-bond donors (Lipinski definition) is 1. The number of carbonyl (C=O) groups excluding carboxylic acids is 2. The van der Waals surface area contributed by atoms with Crippen molar-refractivity contribution >= 4 is 17.6 Å². The van der Waals surface area contributed by atoms with Gasteiger partial charge in [0.15, 0.2) is 11.5 Å². The summed E-state index contributed by atoms with van der Waals surface area (Å²) in [7, 11) is 2.94. The number of benzene rings is 3. The summed E-state index contributed by atoms with van der Waals surface area (Å²) < 4.78 is 17.9. The molecule has 0 aliphatic carbocycles. The molecular weight excluding hydrogens is 434 g/mol. The highest BCUT2D eigenvalue weighted by Gasteiger charge is 2.21. The first-order valence-corrected chi connectivity index (χ1v) is 10.5. The number of rotatable bonds is 8. The Morgan fingerprint density at radius 2 is 1.53 bits per heavy atom. The lowest BCUT2D eigenvalue weighted by molar-refractivity contribution is 0.0468. The fourth-order valence-corrected chi connectivity index (χ4v) is 3.32. The van der Waals surface area contributed by atoms with Crippen molar-refractivity contribution in [3.05, 3.63) is 102 Å². The lowest BCUT2D eigenvalue weighted by atomic mass is 10.1. The summed E-state index contributed by atoms with van der Waals surface area (Å²) in [5, 5.41) is 7.21. The Bertz CT molecular complexity index is 1290. The first kappa shape index (κ1) is 22.6. The molecule has 4 rings (SSSR count). The van der Waals surface area contributed by atoms with E-state index in [2.05, 4.69) is 10.4 Å².